The standard InChI is InChI=1S/C41H30O4S2/c42-18-20-44-37-14-12-35(28-5-1-3-7-30(28)37)41(36-13-15-38(45-21-19-43)31-8-4-2-6-29(31)36)24-34-32-23-33-27(26(32)11-16-39(34)47-41)10-9-25-17-22-46-40(25)33/h1-17,22-24,42-43H,18-21H2. The topological polar surface area (TPSA) is 58.9 Å². The lowest BCUT2D eigenvalue weighted by atomic mass is 9.83. The van der Waals surface area contributed by atoms with Crippen LogP contribution in [0.1, 0.15) is 16.7 Å². The molecule has 0 amide bonds. The van der Waals surface area contributed by atoms with Gasteiger partial charge in [0, 0.05) is 25.9 Å². The van der Waals surface area contributed by atoms with Crippen LogP contribution in [0.15, 0.2) is 113 Å². The lowest BCUT2D eigenvalue weighted by molar-refractivity contribution is 0.203. The number of aliphatic hydroxyl groups excluding tert-OH is 2. The summed E-state index contributed by atoms with van der Waals surface area (Å²) >= 11 is 3.69. The third kappa shape index (κ3) is 4.36. The van der Waals surface area contributed by atoms with Crippen LogP contribution in [0, 0.1) is 0 Å². The first-order valence-electron chi connectivity index (χ1n) is 15.8. The molecule has 7 aromatic rings. The molecular weight excluding hydrogens is 621 g/mol. The highest BCUT2D eigenvalue weighted by Crippen LogP contribution is 2.55. The number of benzene rings is 6. The van der Waals surface area contributed by atoms with Gasteiger partial charge in [-0.15, -0.1) is 23.1 Å². The Labute approximate surface area is 279 Å². The van der Waals surface area contributed by atoms with Gasteiger partial charge in [0.05, 0.1) is 18.0 Å². The normalized spacial score (nSPS) is 14.1. The van der Waals surface area contributed by atoms with Crippen LogP contribution < -0.4 is 19.9 Å². The highest BCUT2D eigenvalue weighted by atomic mass is 32.2. The molecule has 0 saturated heterocycles. The maximum Gasteiger partial charge on any atom is 0.127 e. The molecule has 9 rings (SSSR count). The van der Waals surface area contributed by atoms with Gasteiger partial charge < -0.3 is 19.7 Å². The molecule has 230 valence electrons. The SMILES string of the molecule is OCCOc1ccc(C2(c3ccc(OCCO)c4ccccc34)C=c3c(ccc4c3=Cc3c-4ccc4ccsc34)S2)c2ccccc12. The van der Waals surface area contributed by atoms with E-state index in [1.54, 1.807) is 11.3 Å². The Bertz CT molecular complexity index is 2410. The fourth-order valence-corrected chi connectivity index (χ4v) is 9.83. The van der Waals surface area contributed by atoms with Crippen molar-refractivity contribution in [2.45, 2.75) is 9.64 Å². The van der Waals surface area contributed by atoms with Gasteiger partial charge in [-0.05, 0) is 84.6 Å². The van der Waals surface area contributed by atoms with E-state index in [0.29, 0.717) is 0 Å². The highest BCUT2D eigenvalue weighted by molar-refractivity contribution is 8.01. The number of aliphatic hydroxyl groups is 2. The van der Waals surface area contributed by atoms with Gasteiger partial charge in [0.1, 0.15) is 24.7 Å². The van der Waals surface area contributed by atoms with Crippen molar-refractivity contribution in [3.05, 3.63) is 136 Å². The molecule has 0 bridgehead atoms. The van der Waals surface area contributed by atoms with Gasteiger partial charge in [0.15, 0.2) is 0 Å². The Hall–Kier alpha value is -4.59. The summed E-state index contributed by atoms with van der Waals surface area (Å²) in [6, 6.07) is 36.6. The predicted octanol–water partition coefficient (Wildman–Crippen LogP) is 7.59. The number of thiophene rings is 1. The minimum atomic E-state index is -0.581. The molecule has 6 heteroatoms. The first-order valence-corrected chi connectivity index (χ1v) is 17.5. The zero-order chi connectivity index (χ0) is 31.5. The van der Waals surface area contributed by atoms with Crippen LogP contribution in [0.4, 0.5) is 0 Å². The minimum absolute atomic E-state index is 0.0442. The van der Waals surface area contributed by atoms with E-state index >= 15 is 0 Å². The number of thioether (sulfide) groups is 1. The van der Waals surface area contributed by atoms with Crippen molar-refractivity contribution in [3.63, 3.8) is 0 Å². The Morgan fingerprint density at radius 3 is 1.85 bits per heavy atom. The summed E-state index contributed by atoms with van der Waals surface area (Å²) in [6.45, 7) is 0.385. The molecule has 1 aliphatic heterocycles. The zero-order valence-corrected chi connectivity index (χ0v) is 27.0. The summed E-state index contributed by atoms with van der Waals surface area (Å²) in [4.78, 5) is 1.24. The van der Waals surface area contributed by atoms with Crippen LogP contribution >= 0.6 is 23.1 Å². The summed E-state index contributed by atoms with van der Waals surface area (Å²) in [7, 11) is 0. The molecule has 0 saturated carbocycles. The van der Waals surface area contributed by atoms with Gasteiger partial charge in [-0.3, -0.25) is 0 Å². The quantitative estimate of drug-likeness (QED) is 0.178. The fraction of sp³-hybridized carbons (Fsp3) is 0.122. The zero-order valence-electron chi connectivity index (χ0n) is 25.4. The molecule has 0 spiro atoms. The monoisotopic (exact) mass is 650 g/mol. The molecule has 6 aromatic carbocycles. The maximum absolute atomic E-state index is 9.52. The van der Waals surface area contributed by atoms with Crippen molar-refractivity contribution in [2.75, 3.05) is 26.4 Å². The van der Waals surface area contributed by atoms with E-state index in [2.05, 4.69) is 96.4 Å². The van der Waals surface area contributed by atoms with E-state index < -0.39 is 4.75 Å². The van der Waals surface area contributed by atoms with Crippen LogP contribution in [0.2, 0.25) is 0 Å². The number of hydrogen-bond acceptors (Lipinski definition) is 6. The van der Waals surface area contributed by atoms with Crippen LogP contribution in [0.3, 0.4) is 0 Å². The molecule has 0 atom stereocenters. The van der Waals surface area contributed by atoms with Gasteiger partial charge in [-0.25, -0.2) is 0 Å². The number of fused-ring (bicyclic) bond motifs is 9. The van der Waals surface area contributed by atoms with Gasteiger partial charge >= 0.3 is 0 Å². The molecule has 47 heavy (non-hydrogen) atoms. The molecular formula is C41H30O4S2. The van der Waals surface area contributed by atoms with Crippen molar-refractivity contribution in [3.8, 4) is 22.6 Å². The summed E-state index contributed by atoms with van der Waals surface area (Å²) < 4.78 is 12.8. The van der Waals surface area contributed by atoms with Gasteiger partial charge in [0.25, 0.3) is 0 Å². The average Bonchev–Trinajstić information content (AvgIpc) is 3.85. The van der Waals surface area contributed by atoms with Gasteiger partial charge in [-0.2, -0.15) is 0 Å². The third-order valence-corrected chi connectivity index (χ3v) is 11.8. The Morgan fingerprint density at radius 1 is 0.596 bits per heavy atom. The smallest absolute Gasteiger partial charge is 0.127 e. The number of hydrogen-bond donors (Lipinski definition) is 2. The summed E-state index contributed by atoms with van der Waals surface area (Å²) in [6.07, 6.45) is 4.87. The molecule has 2 N–H and O–H groups in total. The molecule has 2 aliphatic rings. The first kappa shape index (κ1) is 28.6. The average molecular weight is 651 g/mol. The van der Waals surface area contributed by atoms with Crippen molar-refractivity contribution in [1.29, 1.82) is 0 Å². The predicted molar refractivity (Wildman–Crippen MR) is 194 cm³/mol. The largest absolute Gasteiger partial charge is 0.491 e. The lowest BCUT2D eigenvalue weighted by Gasteiger charge is -2.31. The molecule has 1 aliphatic carbocycles. The van der Waals surface area contributed by atoms with E-state index in [9.17, 15) is 10.2 Å². The first-order chi connectivity index (χ1) is 23.2. The van der Waals surface area contributed by atoms with E-state index in [1.165, 1.54) is 53.2 Å². The molecule has 0 unspecified atom stereocenters. The second-order valence-corrected chi connectivity index (χ2v) is 14.1. The highest BCUT2D eigenvalue weighted by Gasteiger charge is 2.41. The summed E-state index contributed by atoms with van der Waals surface area (Å²) in [5.41, 5.74) is 6.22. The van der Waals surface area contributed by atoms with Crippen molar-refractivity contribution in [1.82, 2.24) is 0 Å². The van der Waals surface area contributed by atoms with E-state index in [0.717, 1.165) is 33.0 Å². The van der Waals surface area contributed by atoms with Crippen molar-refractivity contribution in [2.24, 2.45) is 0 Å². The molecule has 1 aromatic heterocycles. The lowest BCUT2D eigenvalue weighted by Crippen LogP contribution is -2.27. The Morgan fingerprint density at radius 2 is 1.21 bits per heavy atom. The third-order valence-electron chi connectivity index (χ3n) is 9.37. The maximum atomic E-state index is 9.52. The summed E-state index contributed by atoms with van der Waals surface area (Å²) in [5.74, 6) is 1.52. The number of ether oxygens (including phenoxy) is 2. The number of rotatable bonds is 8. The van der Waals surface area contributed by atoms with Crippen LogP contribution in [-0.2, 0) is 4.75 Å². The Balaban J connectivity index is 1.36. The van der Waals surface area contributed by atoms with Crippen LogP contribution in [0.25, 0.3) is 54.9 Å². The molecule has 0 fully saturated rings. The van der Waals surface area contributed by atoms with Gasteiger partial charge in [0.2, 0.25) is 0 Å². The molecule has 4 nitrogen and oxygen atoms in total. The van der Waals surface area contributed by atoms with Crippen LogP contribution in [0.5, 0.6) is 11.5 Å². The fourth-order valence-electron chi connectivity index (χ4n) is 7.39. The minimum Gasteiger partial charge on any atom is -0.491 e. The van der Waals surface area contributed by atoms with Crippen molar-refractivity contribution < 1.29 is 19.7 Å². The summed E-state index contributed by atoms with van der Waals surface area (Å²) in [5, 5.41) is 29.3. The molecule has 2 heterocycles. The van der Waals surface area contributed by atoms with Crippen LogP contribution in [-0.4, -0.2) is 36.6 Å². The molecule has 0 radical (unpaired) electrons. The van der Waals surface area contributed by atoms with E-state index in [4.69, 9.17) is 9.47 Å². The Kier molecular flexibility index (Phi) is 6.87. The van der Waals surface area contributed by atoms with Gasteiger partial charge in [-0.1, -0.05) is 84.9 Å². The van der Waals surface area contributed by atoms with E-state index in [-0.39, 0.29) is 26.4 Å². The van der Waals surface area contributed by atoms with Crippen molar-refractivity contribution >= 4 is 66.9 Å². The van der Waals surface area contributed by atoms with E-state index in [1.807, 2.05) is 36.0 Å². The second-order valence-electron chi connectivity index (χ2n) is 11.9. The second kappa shape index (κ2) is 11.3.